The largest absolute Gasteiger partial charge is 0.311 e. The fraction of sp³-hybridized carbons (Fsp3) is 0.929. The molecule has 3 fully saturated rings. The van der Waals surface area contributed by atoms with Crippen LogP contribution in [0.1, 0.15) is 57.8 Å². The zero-order chi connectivity index (χ0) is 11.0. The minimum absolute atomic E-state index is 0.552. The standard InChI is InChI=1S/C14H23NO/c16-14(8-10-2-1-3-10)9-11-6-12-4-5-13(7-11)15-12/h10-13,15H,1-9H2. The van der Waals surface area contributed by atoms with E-state index in [0.717, 1.165) is 30.8 Å². The third-order valence-electron chi connectivity index (χ3n) is 4.83. The van der Waals surface area contributed by atoms with E-state index in [2.05, 4.69) is 5.32 Å². The summed E-state index contributed by atoms with van der Waals surface area (Å²) in [4.78, 5) is 11.9. The van der Waals surface area contributed by atoms with Gasteiger partial charge in [0.2, 0.25) is 0 Å². The number of carbonyl (C=O) groups is 1. The molecule has 2 saturated heterocycles. The molecule has 0 aromatic heterocycles. The number of rotatable bonds is 4. The molecule has 2 heteroatoms. The van der Waals surface area contributed by atoms with Crippen molar-refractivity contribution in [3.05, 3.63) is 0 Å². The lowest BCUT2D eigenvalue weighted by molar-refractivity contribution is -0.121. The van der Waals surface area contributed by atoms with E-state index in [4.69, 9.17) is 0 Å². The summed E-state index contributed by atoms with van der Waals surface area (Å²) in [5.74, 6) is 2.01. The predicted molar refractivity (Wildman–Crippen MR) is 64.3 cm³/mol. The minimum atomic E-state index is 0.552. The van der Waals surface area contributed by atoms with E-state index in [9.17, 15) is 4.79 Å². The summed E-state index contributed by atoms with van der Waals surface area (Å²) in [6.07, 6.45) is 10.9. The van der Waals surface area contributed by atoms with Gasteiger partial charge in [0, 0.05) is 24.9 Å². The lowest BCUT2D eigenvalue weighted by Gasteiger charge is -2.30. The maximum atomic E-state index is 11.9. The normalized spacial score (nSPS) is 38.4. The van der Waals surface area contributed by atoms with Crippen molar-refractivity contribution in [1.29, 1.82) is 0 Å². The second-order valence-electron chi connectivity index (χ2n) is 6.22. The second kappa shape index (κ2) is 4.48. The SMILES string of the molecule is O=C(CC1CCC1)CC1CC2CCC(C1)N2. The Morgan fingerprint density at radius 2 is 1.56 bits per heavy atom. The molecule has 2 aliphatic heterocycles. The molecule has 2 atom stereocenters. The summed E-state index contributed by atoms with van der Waals surface area (Å²) in [6, 6.07) is 1.47. The molecule has 1 N–H and O–H groups in total. The van der Waals surface area contributed by atoms with Gasteiger partial charge in [-0.1, -0.05) is 19.3 Å². The summed E-state index contributed by atoms with van der Waals surface area (Å²) in [5, 5.41) is 3.65. The van der Waals surface area contributed by atoms with Crippen molar-refractivity contribution in [3.8, 4) is 0 Å². The first-order valence-electron chi connectivity index (χ1n) is 7.07. The van der Waals surface area contributed by atoms with Crippen molar-refractivity contribution in [1.82, 2.24) is 5.32 Å². The Balaban J connectivity index is 1.45. The monoisotopic (exact) mass is 221 g/mol. The summed E-state index contributed by atoms with van der Waals surface area (Å²) < 4.78 is 0. The van der Waals surface area contributed by atoms with Gasteiger partial charge in [-0.15, -0.1) is 0 Å². The Morgan fingerprint density at radius 1 is 0.938 bits per heavy atom. The molecule has 3 aliphatic rings. The van der Waals surface area contributed by atoms with Crippen molar-refractivity contribution < 1.29 is 4.79 Å². The molecule has 2 nitrogen and oxygen atoms in total. The quantitative estimate of drug-likeness (QED) is 0.790. The highest BCUT2D eigenvalue weighted by molar-refractivity contribution is 5.79. The Hall–Kier alpha value is -0.370. The molecule has 16 heavy (non-hydrogen) atoms. The number of nitrogens with one attached hydrogen (secondary N) is 1. The number of piperidine rings is 1. The number of fused-ring (bicyclic) bond motifs is 2. The van der Waals surface area contributed by atoms with Crippen LogP contribution < -0.4 is 5.32 Å². The van der Waals surface area contributed by atoms with Crippen LogP contribution in [-0.4, -0.2) is 17.9 Å². The fourth-order valence-corrected chi connectivity index (χ4v) is 3.77. The van der Waals surface area contributed by atoms with Crippen LogP contribution in [0.2, 0.25) is 0 Å². The molecule has 0 aromatic rings. The van der Waals surface area contributed by atoms with Gasteiger partial charge in [0.05, 0.1) is 0 Å². The van der Waals surface area contributed by atoms with Gasteiger partial charge >= 0.3 is 0 Å². The smallest absolute Gasteiger partial charge is 0.133 e. The minimum Gasteiger partial charge on any atom is -0.311 e. The molecule has 1 aliphatic carbocycles. The molecule has 2 bridgehead atoms. The molecule has 2 heterocycles. The maximum Gasteiger partial charge on any atom is 0.133 e. The molecular formula is C14H23NO. The van der Waals surface area contributed by atoms with Crippen molar-refractivity contribution in [2.75, 3.05) is 0 Å². The van der Waals surface area contributed by atoms with Crippen LogP contribution in [0.3, 0.4) is 0 Å². The fourth-order valence-electron chi connectivity index (χ4n) is 3.77. The highest BCUT2D eigenvalue weighted by Gasteiger charge is 2.34. The van der Waals surface area contributed by atoms with Crippen molar-refractivity contribution in [2.45, 2.75) is 69.9 Å². The van der Waals surface area contributed by atoms with Crippen molar-refractivity contribution in [2.24, 2.45) is 11.8 Å². The van der Waals surface area contributed by atoms with Gasteiger partial charge in [-0.25, -0.2) is 0 Å². The van der Waals surface area contributed by atoms with Gasteiger partial charge in [0.15, 0.2) is 0 Å². The van der Waals surface area contributed by atoms with Gasteiger partial charge in [-0.3, -0.25) is 4.79 Å². The topological polar surface area (TPSA) is 29.1 Å². The molecular weight excluding hydrogens is 198 g/mol. The third-order valence-corrected chi connectivity index (χ3v) is 4.83. The Morgan fingerprint density at radius 3 is 2.12 bits per heavy atom. The average molecular weight is 221 g/mol. The van der Waals surface area contributed by atoms with Crippen LogP contribution in [0.25, 0.3) is 0 Å². The second-order valence-corrected chi connectivity index (χ2v) is 6.22. The number of ketones is 1. The van der Waals surface area contributed by atoms with Gasteiger partial charge in [0.1, 0.15) is 5.78 Å². The maximum absolute atomic E-state index is 11.9. The van der Waals surface area contributed by atoms with E-state index < -0.39 is 0 Å². The van der Waals surface area contributed by atoms with Crippen LogP contribution in [0.5, 0.6) is 0 Å². The van der Waals surface area contributed by atoms with Crippen LogP contribution in [0.4, 0.5) is 0 Å². The Bertz CT molecular complexity index is 260. The van der Waals surface area contributed by atoms with Crippen molar-refractivity contribution in [3.63, 3.8) is 0 Å². The summed E-state index contributed by atoms with van der Waals surface area (Å²) in [6.45, 7) is 0. The molecule has 0 amide bonds. The van der Waals surface area contributed by atoms with E-state index in [-0.39, 0.29) is 0 Å². The first-order valence-corrected chi connectivity index (χ1v) is 7.07. The Labute approximate surface area is 98.2 Å². The molecule has 2 unspecified atom stereocenters. The van der Waals surface area contributed by atoms with Crippen LogP contribution >= 0.6 is 0 Å². The first kappa shape index (κ1) is 10.8. The zero-order valence-corrected chi connectivity index (χ0v) is 10.1. The van der Waals surface area contributed by atoms with Gasteiger partial charge in [-0.05, 0) is 37.5 Å². The van der Waals surface area contributed by atoms with Crippen molar-refractivity contribution >= 4 is 5.78 Å². The molecule has 90 valence electrons. The summed E-state index contributed by atoms with van der Waals surface area (Å²) in [7, 11) is 0. The first-order chi connectivity index (χ1) is 7.79. The third kappa shape index (κ3) is 2.32. The summed E-state index contributed by atoms with van der Waals surface area (Å²) >= 11 is 0. The van der Waals surface area contributed by atoms with Gasteiger partial charge < -0.3 is 5.32 Å². The molecule has 0 spiro atoms. The number of carbonyl (C=O) groups excluding carboxylic acids is 1. The van der Waals surface area contributed by atoms with E-state index in [1.807, 2.05) is 0 Å². The Kier molecular flexibility index (Phi) is 3.01. The average Bonchev–Trinajstić information content (AvgIpc) is 2.52. The van der Waals surface area contributed by atoms with Crippen LogP contribution in [0, 0.1) is 11.8 Å². The van der Waals surface area contributed by atoms with Gasteiger partial charge in [0.25, 0.3) is 0 Å². The van der Waals surface area contributed by atoms with Crippen LogP contribution in [-0.2, 0) is 4.79 Å². The van der Waals surface area contributed by atoms with Gasteiger partial charge in [-0.2, -0.15) is 0 Å². The number of hydrogen-bond donors (Lipinski definition) is 1. The predicted octanol–water partition coefficient (Wildman–Crippen LogP) is 2.67. The summed E-state index contributed by atoms with van der Waals surface area (Å²) in [5.41, 5.74) is 0. The highest BCUT2D eigenvalue weighted by Crippen LogP contribution is 2.35. The lowest BCUT2D eigenvalue weighted by atomic mass is 9.79. The highest BCUT2D eigenvalue weighted by atomic mass is 16.1. The molecule has 0 radical (unpaired) electrons. The van der Waals surface area contributed by atoms with Crippen LogP contribution in [0.15, 0.2) is 0 Å². The van der Waals surface area contributed by atoms with E-state index in [1.165, 1.54) is 44.9 Å². The van der Waals surface area contributed by atoms with E-state index in [0.29, 0.717) is 11.7 Å². The lowest BCUT2D eigenvalue weighted by Crippen LogP contribution is -2.38. The van der Waals surface area contributed by atoms with E-state index >= 15 is 0 Å². The molecule has 3 rings (SSSR count). The number of Topliss-reactive ketones (excluding diaryl/α,β-unsaturated/α-hetero) is 1. The molecule has 0 aromatic carbocycles. The number of hydrogen-bond acceptors (Lipinski definition) is 2. The zero-order valence-electron chi connectivity index (χ0n) is 10.1. The van der Waals surface area contributed by atoms with E-state index in [1.54, 1.807) is 0 Å². The molecule has 1 saturated carbocycles.